The topological polar surface area (TPSA) is 55.4 Å². The molecule has 98 valence electrons. The van der Waals surface area contributed by atoms with Gasteiger partial charge in [-0.05, 0) is 42.1 Å². The molecule has 1 N–H and O–H groups in total. The smallest absolute Gasteiger partial charge is 0.337 e. The lowest BCUT2D eigenvalue weighted by molar-refractivity contribution is 0.0600. The number of amides is 1. The number of hydrogen-bond acceptors (Lipinski definition) is 4. The van der Waals surface area contributed by atoms with Crippen LogP contribution in [-0.4, -0.2) is 19.0 Å². The van der Waals surface area contributed by atoms with E-state index in [-0.39, 0.29) is 11.9 Å². The maximum Gasteiger partial charge on any atom is 0.337 e. The monoisotopic (exact) mass is 275 g/mol. The molecular weight excluding hydrogens is 262 g/mol. The van der Waals surface area contributed by atoms with Crippen molar-refractivity contribution in [3.63, 3.8) is 0 Å². The van der Waals surface area contributed by atoms with Gasteiger partial charge in [-0.25, -0.2) is 4.79 Å². The third kappa shape index (κ3) is 3.00. The summed E-state index contributed by atoms with van der Waals surface area (Å²) in [6.07, 6.45) is 0. The average Bonchev–Trinajstić information content (AvgIpc) is 2.94. The molecule has 0 spiro atoms. The molecule has 1 aromatic carbocycles. The van der Waals surface area contributed by atoms with E-state index >= 15 is 0 Å². The maximum absolute atomic E-state index is 11.9. The standard InChI is InChI=1S/C14H13NO3S/c1-9-8-10(14(17)18-2)5-6-11(9)15-13(16)12-4-3-7-19-12/h3-8H,1-2H3,(H,15,16). The fourth-order valence-corrected chi connectivity index (χ4v) is 2.26. The molecule has 5 heteroatoms. The highest BCUT2D eigenvalue weighted by Gasteiger charge is 2.11. The molecule has 0 saturated heterocycles. The van der Waals surface area contributed by atoms with E-state index in [4.69, 9.17) is 0 Å². The Kier molecular flexibility index (Phi) is 3.97. The number of nitrogens with one attached hydrogen (secondary N) is 1. The molecule has 0 aliphatic heterocycles. The van der Waals surface area contributed by atoms with Gasteiger partial charge < -0.3 is 10.1 Å². The number of rotatable bonds is 3. The molecule has 1 heterocycles. The molecule has 0 bridgehead atoms. The Morgan fingerprint density at radius 2 is 2.05 bits per heavy atom. The Bertz CT molecular complexity index is 605. The third-order valence-corrected chi connectivity index (χ3v) is 3.51. The zero-order chi connectivity index (χ0) is 13.8. The van der Waals surface area contributed by atoms with E-state index in [1.165, 1.54) is 18.4 Å². The molecule has 2 aromatic rings. The van der Waals surface area contributed by atoms with Crippen LogP contribution in [0.1, 0.15) is 25.6 Å². The minimum Gasteiger partial charge on any atom is -0.465 e. The summed E-state index contributed by atoms with van der Waals surface area (Å²) < 4.78 is 4.65. The zero-order valence-electron chi connectivity index (χ0n) is 10.6. The predicted molar refractivity (Wildman–Crippen MR) is 74.8 cm³/mol. The van der Waals surface area contributed by atoms with Crippen LogP contribution in [0, 0.1) is 6.92 Å². The van der Waals surface area contributed by atoms with Gasteiger partial charge in [-0.3, -0.25) is 4.79 Å². The number of esters is 1. The van der Waals surface area contributed by atoms with Crippen molar-refractivity contribution in [3.8, 4) is 0 Å². The van der Waals surface area contributed by atoms with Crippen molar-refractivity contribution in [1.82, 2.24) is 0 Å². The van der Waals surface area contributed by atoms with E-state index in [0.717, 1.165) is 5.56 Å². The molecule has 0 atom stereocenters. The van der Waals surface area contributed by atoms with Gasteiger partial charge >= 0.3 is 5.97 Å². The number of anilines is 1. The summed E-state index contributed by atoms with van der Waals surface area (Å²) in [5, 5.41) is 4.67. The SMILES string of the molecule is COC(=O)c1ccc(NC(=O)c2cccs2)c(C)c1. The molecule has 0 saturated carbocycles. The van der Waals surface area contributed by atoms with Crippen molar-refractivity contribution in [3.05, 3.63) is 51.7 Å². The second-order valence-electron chi connectivity index (χ2n) is 3.95. The number of methoxy groups -OCH3 is 1. The van der Waals surface area contributed by atoms with Crippen molar-refractivity contribution in [2.75, 3.05) is 12.4 Å². The summed E-state index contributed by atoms with van der Waals surface area (Å²) in [6.45, 7) is 1.83. The zero-order valence-corrected chi connectivity index (χ0v) is 11.4. The minimum absolute atomic E-state index is 0.149. The van der Waals surface area contributed by atoms with Crippen LogP contribution in [0.4, 0.5) is 5.69 Å². The lowest BCUT2D eigenvalue weighted by Crippen LogP contribution is -2.11. The third-order valence-electron chi connectivity index (χ3n) is 2.64. The predicted octanol–water partition coefficient (Wildman–Crippen LogP) is 3.10. The molecule has 0 unspecified atom stereocenters. The molecule has 0 aliphatic rings. The van der Waals surface area contributed by atoms with E-state index in [1.54, 1.807) is 24.3 Å². The lowest BCUT2D eigenvalue weighted by Gasteiger charge is -2.08. The molecule has 1 aromatic heterocycles. The number of thiophene rings is 1. The number of ether oxygens (including phenoxy) is 1. The van der Waals surface area contributed by atoms with Crippen molar-refractivity contribution in [2.24, 2.45) is 0 Å². The number of aryl methyl sites for hydroxylation is 1. The summed E-state index contributed by atoms with van der Waals surface area (Å²) >= 11 is 1.38. The molecule has 19 heavy (non-hydrogen) atoms. The quantitative estimate of drug-likeness (QED) is 0.876. The summed E-state index contributed by atoms with van der Waals surface area (Å²) in [7, 11) is 1.34. The second kappa shape index (κ2) is 5.67. The highest BCUT2D eigenvalue weighted by molar-refractivity contribution is 7.12. The number of benzene rings is 1. The van der Waals surface area contributed by atoms with Gasteiger partial charge in [0, 0.05) is 5.69 Å². The fourth-order valence-electron chi connectivity index (χ4n) is 1.64. The van der Waals surface area contributed by atoms with Crippen LogP contribution < -0.4 is 5.32 Å². The van der Waals surface area contributed by atoms with Crippen molar-refractivity contribution in [2.45, 2.75) is 6.92 Å². The van der Waals surface area contributed by atoms with E-state index in [0.29, 0.717) is 16.1 Å². The van der Waals surface area contributed by atoms with Gasteiger partial charge in [0.25, 0.3) is 5.91 Å². The number of carbonyl (C=O) groups excluding carboxylic acids is 2. The van der Waals surface area contributed by atoms with Gasteiger partial charge in [0.2, 0.25) is 0 Å². The van der Waals surface area contributed by atoms with Gasteiger partial charge in [0.1, 0.15) is 0 Å². The van der Waals surface area contributed by atoms with Crippen LogP contribution in [-0.2, 0) is 4.74 Å². The van der Waals surface area contributed by atoms with Crippen LogP contribution in [0.5, 0.6) is 0 Å². The minimum atomic E-state index is -0.390. The Morgan fingerprint density at radius 3 is 2.63 bits per heavy atom. The first-order valence-corrected chi connectivity index (χ1v) is 6.53. The summed E-state index contributed by atoms with van der Waals surface area (Å²) in [4.78, 5) is 23.9. The van der Waals surface area contributed by atoms with Gasteiger partial charge in [-0.2, -0.15) is 0 Å². The second-order valence-corrected chi connectivity index (χ2v) is 4.90. The highest BCUT2D eigenvalue weighted by atomic mass is 32.1. The van der Waals surface area contributed by atoms with Crippen LogP contribution in [0.25, 0.3) is 0 Å². The van der Waals surface area contributed by atoms with Gasteiger partial charge in [0.15, 0.2) is 0 Å². The Labute approximate surface area is 115 Å². The van der Waals surface area contributed by atoms with E-state index in [9.17, 15) is 9.59 Å². The first-order chi connectivity index (χ1) is 9.11. The largest absolute Gasteiger partial charge is 0.465 e. The fraction of sp³-hybridized carbons (Fsp3) is 0.143. The molecule has 1 amide bonds. The van der Waals surface area contributed by atoms with Crippen LogP contribution in [0.3, 0.4) is 0 Å². The highest BCUT2D eigenvalue weighted by Crippen LogP contribution is 2.19. The molecular formula is C14H13NO3S. The average molecular weight is 275 g/mol. The first-order valence-electron chi connectivity index (χ1n) is 5.65. The Morgan fingerprint density at radius 1 is 1.26 bits per heavy atom. The van der Waals surface area contributed by atoms with E-state index < -0.39 is 0 Å². The first kappa shape index (κ1) is 13.3. The van der Waals surface area contributed by atoms with E-state index in [1.807, 2.05) is 18.4 Å². The maximum atomic E-state index is 11.9. The Balaban J connectivity index is 2.18. The molecule has 4 nitrogen and oxygen atoms in total. The summed E-state index contributed by atoms with van der Waals surface area (Å²) in [5.74, 6) is -0.539. The van der Waals surface area contributed by atoms with E-state index in [2.05, 4.69) is 10.1 Å². The molecule has 0 radical (unpaired) electrons. The Hall–Kier alpha value is -2.14. The van der Waals surface area contributed by atoms with Gasteiger partial charge in [0.05, 0.1) is 17.6 Å². The van der Waals surface area contributed by atoms with Crippen molar-refractivity contribution >= 4 is 28.9 Å². The lowest BCUT2D eigenvalue weighted by atomic mass is 10.1. The van der Waals surface area contributed by atoms with Crippen LogP contribution in [0.15, 0.2) is 35.7 Å². The molecule has 0 fully saturated rings. The number of hydrogen-bond donors (Lipinski definition) is 1. The van der Waals surface area contributed by atoms with Crippen molar-refractivity contribution in [1.29, 1.82) is 0 Å². The van der Waals surface area contributed by atoms with Crippen LogP contribution >= 0.6 is 11.3 Å². The normalized spacial score (nSPS) is 10.0. The van der Waals surface area contributed by atoms with Crippen LogP contribution in [0.2, 0.25) is 0 Å². The van der Waals surface area contributed by atoms with Gasteiger partial charge in [-0.15, -0.1) is 11.3 Å². The number of carbonyl (C=O) groups is 2. The van der Waals surface area contributed by atoms with Crippen molar-refractivity contribution < 1.29 is 14.3 Å². The summed E-state index contributed by atoms with van der Waals surface area (Å²) in [6, 6.07) is 8.61. The summed E-state index contributed by atoms with van der Waals surface area (Å²) in [5.41, 5.74) is 1.97. The van der Waals surface area contributed by atoms with Gasteiger partial charge in [-0.1, -0.05) is 6.07 Å². The molecule has 2 rings (SSSR count). The molecule has 0 aliphatic carbocycles.